The topological polar surface area (TPSA) is 24.5 Å². The Labute approximate surface area is 104 Å². The third-order valence-corrected chi connectivity index (χ3v) is 3.22. The zero-order valence-corrected chi connectivity index (χ0v) is 10.8. The van der Waals surface area contributed by atoms with E-state index in [4.69, 9.17) is 4.74 Å². The van der Waals surface area contributed by atoms with Crippen LogP contribution >= 0.6 is 0 Å². The number of hydrogen-bond acceptors (Lipinski definition) is 3. The Morgan fingerprint density at radius 1 is 1.41 bits per heavy atom. The number of nitrogens with one attached hydrogen (secondary N) is 1. The van der Waals surface area contributed by atoms with Gasteiger partial charge < -0.3 is 15.0 Å². The molecular formula is C14H22N2O. The second-order valence-electron chi connectivity index (χ2n) is 4.82. The van der Waals surface area contributed by atoms with E-state index in [2.05, 4.69) is 41.4 Å². The second-order valence-corrected chi connectivity index (χ2v) is 4.82. The minimum absolute atomic E-state index is 0.688. The molecule has 1 atom stereocenters. The molecule has 0 saturated carbocycles. The summed E-state index contributed by atoms with van der Waals surface area (Å²) in [5, 5.41) is 3.48. The summed E-state index contributed by atoms with van der Waals surface area (Å²) in [6, 6.07) is 8.54. The van der Waals surface area contributed by atoms with Crippen molar-refractivity contribution < 1.29 is 4.74 Å². The molecule has 0 aromatic heterocycles. The maximum Gasteiger partial charge on any atom is 0.0733 e. The summed E-state index contributed by atoms with van der Waals surface area (Å²) < 4.78 is 5.28. The van der Waals surface area contributed by atoms with Gasteiger partial charge in [0.05, 0.1) is 6.61 Å². The van der Waals surface area contributed by atoms with Crippen LogP contribution in [0.15, 0.2) is 24.3 Å². The van der Waals surface area contributed by atoms with Gasteiger partial charge in [0.2, 0.25) is 0 Å². The molecule has 1 aliphatic heterocycles. The van der Waals surface area contributed by atoms with Gasteiger partial charge in [-0.15, -0.1) is 0 Å². The fourth-order valence-corrected chi connectivity index (χ4v) is 2.41. The van der Waals surface area contributed by atoms with Crippen molar-refractivity contribution in [1.29, 1.82) is 0 Å². The smallest absolute Gasteiger partial charge is 0.0733 e. The van der Waals surface area contributed by atoms with Gasteiger partial charge in [-0.25, -0.2) is 0 Å². The molecular weight excluding hydrogens is 212 g/mol. The van der Waals surface area contributed by atoms with E-state index in [1.165, 1.54) is 11.3 Å². The predicted octanol–water partition coefficient (Wildman–Crippen LogP) is 1.88. The lowest BCUT2D eigenvalue weighted by molar-refractivity contribution is 0.185. The molecule has 1 aliphatic rings. The van der Waals surface area contributed by atoms with Gasteiger partial charge in [-0.05, 0) is 18.5 Å². The number of rotatable bonds is 3. The molecule has 1 unspecified atom stereocenters. The van der Waals surface area contributed by atoms with Crippen molar-refractivity contribution in [2.75, 3.05) is 38.2 Å². The Kier molecular flexibility index (Phi) is 4.40. The Bertz CT molecular complexity index is 354. The van der Waals surface area contributed by atoms with E-state index < -0.39 is 0 Å². The molecule has 0 radical (unpaired) electrons. The quantitative estimate of drug-likeness (QED) is 0.864. The molecule has 0 bridgehead atoms. The molecule has 1 aromatic rings. The summed E-state index contributed by atoms with van der Waals surface area (Å²) in [6.07, 6.45) is 0. The molecule has 1 N–H and O–H groups in total. The first-order valence-electron chi connectivity index (χ1n) is 6.33. The highest BCUT2D eigenvalue weighted by molar-refractivity contribution is 5.53. The van der Waals surface area contributed by atoms with Gasteiger partial charge in [-0.2, -0.15) is 0 Å². The number of methoxy groups -OCH3 is 1. The number of benzene rings is 1. The lowest BCUT2D eigenvalue weighted by Crippen LogP contribution is -2.30. The molecule has 3 heteroatoms. The summed E-state index contributed by atoms with van der Waals surface area (Å²) in [6.45, 7) is 7.35. The minimum atomic E-state index is 0.688. The molecule has 1 aromatic carbocycles. The first-order valence-corrected chi connectivity index (χ1v) is 6.33. The Balaban J connectivity index is 2.19. The van der Waals surface area contributed by atoms with E-state index in [0.717, 1.165) is 26.2 Å². The summed E-state index contributed by atoms with van der Waals surface area (Å²) in [5.74, 6) is 0.688. The molecule has 0 amide bonds. The molecule has 1 heterocycles. The van der Waals surface area contributed by atoms with Gasteiger partial charge in [-0.1, -0.05) is 25.1 Å². The first kappa shape index (κ1) is 12.4. The van der Waals surface area contributed by atoms with Crippen molar-refractivity contribution in [3.8, 4) is 0 Å². The highest BCUT2D eigenvalue weighted by Crippen LogP contribution is 2.22. The zero-order valence-electron chi connectivity index (χ0n) is 10.8. The van der Waals surface area contributed by atoms with Crippen LogP contribution in [0, 0.1) is 5.92 Å². The van der Waals surface area contributed by atoms with Gasteiger partial charge in [0.25, 0.3) is 0 Å². The van der Waals surface area contributed by atoms with Crippen molar-refractivity contribution in [2.45, 2.75) is 13.5 Å². The number of hydrogen-bond donors (Lipinski definition) is 1. The molecule has 1 fully saturated rings. The van der Waals surface area contributed by atoms with Crippen molar-refractivity contribution in [1.82, 2.24) is 5.32 Å². The van der Waals surface area contributed by atoms with Gasteiger partial charge >= 0.3 is 0 Å². The van der Waals surface area contributed by atoms with Crippen molar-refractivity contribution >= 4 is 5.69 Å². The van der Waals surface area contributed by atoms with Crippen molar-refractivity contribution in [3.05, 3.63) is 29.8 Å². The van der Waals surface area contributed by atoms with Crippen LogP contribution in [0.25, 0.3) is 0 Å². The number of para-hydroxylation sites is 1. The predicted molar refractivity (Wildman–Crippen MR) is 71.4 cm³/mol. The minimum Gasteiger partial charge on any atom is -0.380 e. The number of anilines is 1. The van der Waals surface area contributed by atoms with E-state index in [-0.39, 0.29) is 0 Å². The fraction of sp³-hybridized carbons (Fsp3) is 0.571. The molecule has 3 nitrogen and oxygen atoms in total. The van der Waals surface area contributed by atoms with Crippen LogP contribution < -0.4 is 10.2 Å². The van der Waals surface area contributed by atoms with E-state index in [9.17, 15) is 0 Å². The zero-order chi connectivity index (χ0) is 12.1. The van der Waals surface area contributed by atoms with Crippen LogP contribution in [0.1, 0.15) is 12.5 Å². The van der Waals surface area contributed by atoms with E-state index >= 15 is 0 Å². The third-order valence-electron chi connectivity index (χ3n) is 3.22. The average Bonchev–Trinajstić information content (AvgIpc) is 2.55. The number of ether oxygens (including phenoxy) is 1. The molecule has 94 valence electrons. The molecule has 0 aliphatic carbocycles. The third kappa shape index (κ3) is 3.20. The highest BCUT2D eigenvalue weighted by Gasteiger charge is 2.16. The fourth-order valence-electron chi connectivity index (χ4n) is 2.41. The van der Waals surface area contributed by atoms with Gasteiger partial charge in [0, 0.05) is 38.0 Å². The highest BCUT2D eigenvalue weighted by atomic mass is 16.5. The largest absolute Gasteiger partial charge is 0.380 e. The summed E-state index contributed by atoms with van der Waals surface area (Å²) in [7, 11) is 1.75. The maximum absolute atomic E-state index is 5.28. The average molecular weight is 234 g/mol. The Hall–Kier alpha value is -1.06. The summed E-state index contributed by atoms with van der Waals surface area (Å²) in [5.41, 5.74) is 2.61. The lowest BCUT2D eigenvalue weighted by atomic mass is 10.1. The molecule has 0 spiro atoms. The first-order chi connectivity index (χ1) is 8.31. The Morgan fingerprint density at radius 2 is 2.24 bits per heavy atom. The van der Waals surface area contributed by atoms with Crippen LogP contribution in [-0.2, 0) is 11.3 Å². The van der Waals surface area contributed by atoms with Gasteiger partial charge in [-0.3, -0.25) is 0 Å². The number of nitrogens with zero attached hydrogens (tertiary/aromatic N) is 1. The standard InChI is InChI=1S/C14H22N2O/c1-12-9-15-7-8-16(10-12)14-6-4-3-5-13(14)11-17-2/h3-6,12,15H,7-11H2,1-2H3. The molecule has 1 saturated heterocycles. The normalized spacial score (nSPS) is 21.3. The SMILES string of the molecule is COCc1ccccc1N1CCNCC(C)C1. The van der Waals surface area contributed by atoms with E-state index in [0.29, 0.717) is 12.5 Å². The van der Waals surface area contributed by atoms with Crippen molar-refractivity contribution in [3.63, 3.8) is 0 Å². The van der Waals surface area contributed by atoms with Crippen LogP contribution in [-0.4, -0.2) is 33.3 Å². The van der Waals surface area contributed by atoms with Gasteiger partial charge in [0.15, 0.2) is 0 Å². The molecule has 2 rings (SSSR count). The molecule has 17 heavy (non-hydrogen) atoms. The van der Waals surface area contributed by atoms with Crippen LogP contribution in [0.4, 0.5) is 5.69 Å². The Morgan fingerprint density at radius 3 is 3.06 bits per heavy atom. The van der Waals surface area contributed by atoms with Gasteiger partial charge in [0.1, 0.15) is 0 Å². The monoisotopic (exact) mass is 234 g/mol. The van der Waals surface area contributed by atoms with Crippen LogP contribution in [0.3, 0.4) is 0 Å². The van der Waals surface area contributed by atoms with Crippen LogP contribution in [0.5, 0.6) is 0 Å². The summed E-state index contributed by atoms with van der Waals surface area (Å²) in [4.78, 5) is 2.47. The second kappa shape index (κ2) is 6.03. The van der Waals surface area contributed by atoms with E-state index in [1.807, 2.05) is 0 Å². The van der Waals surface area contributed by atoms with Crippen LogP contribution in [0.2, 0.25) is 0 Å². The summed E-state index contributed by atoms with van der Waals surface area (Å²) >= 11 is 0. The maximum atomic E-state index is 5.28. The van der Waals surface area contributed by atoms with E-state index in [1.54, 1.807) is 7.11 Å². The lowest BCUT2D eigenvalue weighted by Gasteiger charge is -2.26. The van der Waals surface area contributed by atoms with Crippen molar-refractivity contribution in [2.24, 2.45) is 5.92 Å².